The molecule has 128 valence electrons. The molecule has 0 aliphatic heterocycles. The topological polar surface area (TPSA) is 76.7 Å². The number of anilines is 1. The fourth-order valence-electron chi connectivity index (χ4n) is 2.48. The van der Waals surface area contributed by atoms with Crippen molar-refractivity contribution in [2.75, 3.05) is 12.5 Å². The zero-order valence-electron chi connectivity index (χ0n) is 14.1. The Labute approximate surface area is 150 Å². The maximum atomic E-state index is 5.14. The number of hydrogen-bond donors (Lipinski definition) is 1. The Morgan fingerprint density at radius 3 is 2.54 bits per heavy atom. The van der Waals surface area contributed by atoms with Gasteiger partial charge in [0, 0.05) is 5.56 Å². The molecule has 0 spiro atoms. The predicted molar refractivity (Wildman–Crippen MR) is 100 cm³/mol. The average Bonchev–Trinajstić information content (AvgIpc) is 3.12. The van der Waals surface area contributed by atoms with Crippen molar-refractivity contribution in [1.82, 2.24) is 19.8 Å². The van der Waals surface area contributed by atoms with Crippen LogP contribution in [0, 0.1) is 0 Å². The largest absolute Gasteiger partial charge is 0.497 e. The normalized spacial score (nSPS) is 11.1. The Hall–Kier alpha value is -3.74. The standard InChI is InChI=1S/C19H16N6O/c1-26-16-9-7-14(8-10-16)13-20-21-17-11-12-18-22-23-19(25(18)24-17)15-5-3-2-4-6-15/h2-13H,1H3,(H,21,24)/b20-13+. The lowest BCUT2D eigenvalue weighted by molar-refractivity contribution is 0.415. The van der Waals surface area contributed by atoms with Crippen LogP contribution in [0.5, 0.6) is 5.75 Å². The number of rotatable bonds is 5. The van der Waals surface area contributed by atoms with E-state index >= 15 is 0 Å². The summed E-state index contributed by atoms with van der Waals surface area (Å²) in [6, 6.07) is 21.1. The predicted octanol–water partition coefficient (Wildman–Crippen LogP) is 3.25. The highest BCUT2D eigenvalue weighted by Crippen LogP contribution is 2.18. The molecular formula is C19H16N6O. The van der Waals surface area contributed by atoms with Gasteiger partial charge in [0.1, 0.15) is 5.75 Å². The maximum Gasteiger partial charge on any atom is 0.185 e. The molecule has 7 heteroatoms. The number of nitrogens with zero attached hydrogens (tertiary/aromatic N) is 5. The van der Waals surface area contributed by atoms with Gasteiger partial charge in [0.15, 0.2) is 17.3 Å². The van der Waals surface area contributed by atoms with E-state index in [2.05, 4.69) is 25.8 Å². The number of hydrogen-bond acceptors (Lipinski definition) is 6. The van der Waals surface area contributed by atoms with Gasteiger partial charge in [0.2, 0.25) is 0 Å². The van der Waals surface area contributed by atoms with Crippen LogP contribution in [0.3, 0.4) is 0 Å². The number of benzene rings is 2. The van der Waals surface area contributed by atoms with Crippen LogP contribution < -0.4 is 10.2 Å². The molecule has 0 amide bonds. The SMILES string of the molecule is COc1ccc(/C=N/Nc2ccc3nnc(-c4ccccc4)n3n2)cc1. The quantitative estimate of drug-likeness (QED) is 0.444. The summed E-state index contributed by atoms with van der Waals surface area (Å²) in [5.74, 6) is 2.09. The summed E-state index contributed by atoms with van der Waals surface area (Å²) in [5.41, 5.74) is 5.51. The molecule has 2 heterocycles. The average molecular weight is 344 g/mol. The van der Waals surface area contributed by atoms with Crippen LogP contribution >= 0.6 is 0 Å². The molecule has 0 saturated carbocycles. The van der Waals surface area contributed by atoms with Crippen molar-refractivity contribution in [2.45, 2.75) is 0 Å². The molecule has 26 heavy (non-hydrogen) atoms. The van der Waals surface area contributed by atoms with E-state index in [4.69, 9.17) is 4.74 Å². The number of ether oxygens (including phenoxy) is 1. The van der Waals surface area contributed by atoms with E-state index in [1.165, 1.54) is 0 Å². The van der Waals surface area contributed by atoms with Crippen molar-refractivity contribution in [3.8, 4) is 17.1 Å². The Kier molecular flexibility index (Phi) is 4.26. The molecule has 0 fully saturated rings. The van der Waals surface area contributed by atoms with E-state index in [0.29, 0.717) is 17.3 Å². The third-order valence-electron chi connectivity index (χ3n) is 3.80. The second-order valence-electron chi connectivity index (χ2n) is 5.52. The number of fused-ring (bicyclic) bond motifs is 1. The lowest BCUT2D eigenvalue weighted by Crippen LogP contribution is -2.00. The second kappa shape index (κ2) is 7.02. The van der Waals surface area contributed by atoms with Gasteiger partial charge < -0.3 is 4.74 Å². The van der Waals surface area contributed by atoms with Gasteiger partial charge in [-0.25, -0.2) is 0 Å². The van der Waals surface area contributed by atoms with Crippen LogP contribution in [0.25, 0.3) is 17.0 Å². The Balaban J connectivity index is 1.56. The minimum absolute atomic E-state index is 0.597. The summed E-state index contributed by atoms with van der Waals surface area (Å²) in [5, 5.41) is 17.1. The van der Waals surface area contributed by atoms with Crippen molar-refractivity contribution < 1.29 is 4.74 Å². The Morgan fingerprint density at radius 1 is 0.962 bits per heavy atom. The molecule has 0 unspecified atom stereocenters. The van der Waals surface area contributed by atoms with Crippen molar-refractivity contribution >= 4 is 17.7 Å². The van der Waals surface area contributed by atoms with E-state index in [1.54, 1.807) is 17.8 Å². The minimum Gasteiger partial charge on any atom is -0.497 e. The number of hydrazone groups is 1. The molecule has 1 N–H and O–H groups in total. The lowest BCUT2D eigenvalue weighted by Gasteiger charge is -2.02. The van der Waals surface area contributed by atoms with Crippen LogP contribution in [0.2, 0.25) is 0 Å². The van der Waals surface area contributed by atoms with Crippen molar-refractivity contribution in [1.29, 1.82) is 0 Å². The first kappa shape index (κ1) is 15.8. The van der Waals surface area contributed by atoms with Crippen LogP contribution in [-0.4, -0.2) is 33.1 Å². The second-order valence-corrected chi connectivity index (χ2v) is 5.52. The zero-order chi connectivity index (χ0) is 17.8. The molecule has 2 aromatic carbocycles. The van der Waals surface area contributed by atoms with Gasteiger partial charge in [-0.15, -0.1) is 15.3 Å². The molecule has 0 atom stereocenters. The molecule has 0 bridgehead atoms. The summed E-state index contributed by atoms with van der Waals surface area (Å²) in [6.07, 6.45) is 1.72. The first-order valence-electron chi connectivity index (χ1n) is 8.04. The Morgan fingerprint density at radius 2 is 1.77 bits per heavy atom. The summed E-state index contributed by atoms with van der Waals surface area (Å²) in [4.78, 5) is 0. The summed E-state index contributed by atoms with van der Waals surface area (Å²) in [6.45, 7) is 0. The molecular weight excluding hydrogens is 328 g/mol. The first-order chi connectivity index (χ1) is 12.8. The van der Waals surface area contributed by atoms with E-state index in [0.717, 1.165) is 16.9 Å². The molecule has 2 aromatic heterocycles. The van der Waals surface area contributed by atoms with E-state index in [9.17, 15) is 0 Å². The number of methoxy groups -OCH3 is 1. The molecule has 4 aromatic rings. The monoisotopic (exact) mass is 344 g/mol. The maximum absolute atomic E-state index is 5.14. The van der Waals surface area contributed by atoms with E-state index < -0.39 is 0 Å². The van der Waals surface area contributed by atoms with Crippen molar-refractivity contribution in [3.05, 3.63) is 72.3 Å². The summed E-state index contributed by atoms with van der Waals surface area (Å²) in [7, 11) is 1.64. The Bertz CT molecular complexity index is 1040. The van der Waals surface area contributed by atoms with Gasteiger partial charge in [0.05, 0.1) is 13.3 Å². The van der Waals surface area contributed by atoms with Gasteiger partial charge in [0.25, 0.3) is 0 Å². The fraction of sp³-hybridized carbons (Fsp3) is 0.0526. The fourth-order valence-corrected chi connectivity index (χ4v) is 2.48. The van der Waals surface area contributed by atoms with Gasteiger partial charge in [-0.1, -0.05) is 30.3 Å². The van der Waals surface area contributed by atoms with Crippen molar-refractivity contribution in [2.24, 2.45) is 5.10 Å². The highest BCUT2D eigenvalue weighted by Gasteiger charge is 2.09. The van der Waals surface area contributed by atoms with E-state index in [1.807, 2.05) is 66.7 Å². The molecule has 0 saturated heterocycles. The molecule has 0 radical (unpaired) electrons. The summed E-state index contributed by atoms with van der Waals surface area (Å²) >= 11 is 0. The van der Waals surface area contributed by atoms with Crippen LogP contribution in [0.4, 0.5) is 5.82 Å². The third-order valence-corrected chi connectivity index (χ3v) is 3.80. The van der Waals surface area contributed by atoms with E-state index in [-0.39, 0.29) is 0 Å². The van der Waals surface area contributed by atoms with Gasteiger partial charge in [-0.05, 0) is 42.0 Å². The smallest absolute Gasteiger partial charge is 0.185 e. The van der Waals surface area contributed by atoms with Gasteiger partial charge in [-0.3, -0.25) is 5.43 Å². The highest BCUT2D eigenvalue weighted by molar-refractivity contribution is 5.80. The van der Waals surface area contributed by atoms with Crippen LogP contribution in [0.15, 0.2) is 71.8 Å². The van der Waals surface area contributed by atoms with Gasteiger partial charge in [-0.2, -0.15) is 9.62 Å². The van der Waals surface area contributed by atoms with Gasteiger partial charge >= 0.3 is 0 Å². The number of nitrogens with one attached hydrogen (secondary N) is 1. The van der Waals surface area contributed by atoms with Crippen LogP contribution in [-0.2, 0) is 0 Å². The van der Waals surface area contributed by atoms with Crippen LogP contribution in [0.1, 0.15) is 5.56 Å². The summed E-state index contributed by atoms with van der Waals surface area (Å²) < 4.78 is 6.83. The molecule has 0 aliphatic carbocycles. The number of aromatic nitrogens is 4. The van der Waals surface area contributed by atoms with Crippen molar-refractivity contribution in [3.63, 3.8) is 0 Å². The zero-order valence-corrected chi connectivity index (χ0v) is 14.1. The first-order valence-corrected chi connectivity index (χ1v) is 8.04. The molecule has 7 nitrogen and oxygen atoms in total. The molecule has 0 aliphatic rings. The third kappa shape index (κ3) is 3.23. The minimum atomic E-state index is 0.597. The lowest BCUT2D eigenvalue weighted by atomic mass is 10.2. The molecule has 4 rings (SSSR count). The highest BCUT2D eigenvalue weighted by atomic mass is 16.5.